The van der Waals surface area contributed by atoms with E-state index in [4.69, 9.17) is 32.4 Å². The van der Waals surface area contributed by atoms with E-state index in [1.165, 1.54) is 18.2 Å². The Labute approximate surface area is 205 Å². The third-order valence-electron chi connectivity index (χ3n) is 4.45. The maximum atomic E-state index is 13.7. The lowest BCUT2D eigenvalue weighted by atomic mass is 10.2. The van der Waals surface area contributed by atoms with E-state index in [2.05, 4.69) is 26.3 Å². The van der Waals surface area contributed by atoms with Gasteiger partial charge >= 0.3 is 0 Å². The van der Waals surface area contributed by atoms with Gasteiger partial charge < -0.3 is 14.5 Å². The average molecular weight is 557 g/mol. The summed E-state index contributed by atoms with van der Waals surface area (Å²) in [4.78, 5) is 12.6. The molecule has 0 spiro atoms. The predicted molar refractivity (Wildman–Crippen MR) is 123 cm³/mol. The highest BCUT2D eigenvalue weighted by molar-refractivity contribution is 9.10. The minimum Gasteiger partial charge on any atom is -0.483 e. The Kier molecular flexibility index (Phi) is 7.02. The van der Waals surface area contributed by atoms with Crippen LogP contribution >= 0.6 is 39.1 Å². The van der Waals surface area contributed by atoms with Crippen LogP contribution in [0, 0.1) is 11.6 Å². The van der Waals surface area contributed by atoms with Crippen LogP contribution in [0.15, 0.2) is 63.6 Å². The van der Waals surface area contributed by atoms with Crippen molar-refractivity contribution in [3.63, 3.8) is 0 Å². The molecule has 0 fully saturated rings. The summed E-state index contributed by atoms with van der Waals surface area (Å²) in [6.07, 6.45) is 1.69. The molecule has 0 saturated carbocycles. The summed E-state index contributed by atoms with van der Waals surface area (Å²) in [7, 11) is 0. The molecule has 0 aliphatic heterocycles. The molecule has 0 unspecified atom stereocenters. The molecule has 0 bridgehead atoms. The minimum atomic E-state index is -0.833. The number of nitrogens with zero attached hydrogens (tertiary/aromatic N) is 2. The molecular formula is C22H14BrCl2F2N3O3. The van der Waals surface area contributed by atoms with Gasteiger partial charge in [0.2, 0.25) is 0 Å². The van der Waals surface area contributed by atoms with E-state index in [0.29, 0.717) is 27.1 Å². The van der Waals surface area contributed by atoms with E-state index in [1.54, 1.807) is 29.1 Å². The van der Waals surface area contributed by atoms with Gasteiger partial charge in [-0.1, -0.05) is 29.3 Å². The quantitative estimate of drug-likeness (QED) is 0.275. The third-order valence-corrected chi connectivity index (χ3v) is 5.61. The van der Waals surface area contributed by atoms with Crippen molar-refractivity contribution >= 4 is 50.9 Å². The highest BCUT2D eigenvalue weighted by Gasteiger charge is 2.16. The summed E-state index contributed by atoms with van der Waals surface area (Å²) < 4.78 is 39.5. The first-order chi connectivity index (χ1) is 15.8. The smallest absolute Gasteiger partial charge is 0.292 e. The summed E-state index contributed by atoms with van der Waals surface area (Å²) in [5, 5.41) is 8.03. The van der Waals surface area contributed by atoms with E-state index in [0.717, 1.165) is 11.6 Å². The highest BCUT2D eigenvalue weighted by Crippen LogP contribution is 2.25. The fourth-order valence-corrected chi connectivity index (χ4v) is 3.76. The maximum absolute atomic E-state index is 13.7. The molecule has 1 amide bonds. The average Bonchev–Trinajstić information content (AvgIpc) is 3.36. The second kappa shape index (κ2) is 9.94. The Balaban J connectivity index is 1.39. The zero-order chi connectivity index (χ0) is 23.5. The Morgan fingerprint density at radius 1 is 1.15 bits per heavy atom. The number of halogens is 5. The van der Waals surface area contributed by atoms with E-state index >= 15 is 0 Å². The van der Waals surface area contributed by atoms with Crippen molar-refractivity contribution < 1.29 is 22.7 Å². The van der Waals surface area contributed by atoms with Crippen LogP contribution in [0.25, 0.3) is 0 Å². The van der Waals surface area contributed by atoms with Crippen LogP contribution in [-0.4, -0.2) is 15.7 Å². The number of hydrogen-bond acceptors (Lipinski definition) is 4. The van der Waals surface area contributed by atoms with Crippen LogP contribution in [0.4, 0.5) is 14.6 Å². The van der Waals surface area contributed by atoms with Crippen molar-refractivity contribution in [2.45, 2.75) is 13.2 Å². The van der Waals surface area contributed by atoms with E-state index in [-0.39, 0.29) is 29.7 Å². The standard InChI is InChI=1S/C22H14BrCl2F2N3O3/c23-16-10-30(9-12-1-2-13(24)7-17(12)25)29-21(16)28-22(31)20-6-4-15(33-20)11-32-19-5-3-14(26)8-18(19)27/h1-8,10H,9,11H2,(H,28,29,31). The van der Waals surface area contributed by atoms with E-state index in [1.807, 2.05) is 0 Å². The molecule has 0 aliphatic carbocycles. The number of benzene rings is 2. The number of ether oxygens (including phenoxy) is 1. The van der Waals surface area contributed by atoms with E-state index in [9.17, 15) is 13.6 Å². The van der Waals surface area contributed by atoms with Gasteiger partial charge in [0.15, 0.2) is 23.1 Å². The van der Waals surface area contributed by atoms with Crippen molar-refractivity contribution in [3.05, 3.63) is 98.0 Å². The van der Waals surface area contributed by atoms with Gasteiger partial charge in [-0.2, -0.15) is 5.10 Å². The first-order valence-corrected chi connectivity index (χ1v) is 11.0. The summed E-state index contributed by atoms with van der Waals surface area (Å²) in [5.74, 6) is -1.63. The number of anilines is 1. The van der Waals surface area contributed by atoms with Gasteiger partial charge in [0.05, 0.1) is 11.0 Å². The van der Waals surface area contributed by atoms with Crippen LogP contribution in [0.3, 0.4) is 0 Å². The molecule has 33 heavy (non-hydrogen) atoms. The van der Waals surface area contributed by atoms with Crippen molar-refractivity contribution in [1.29, 1.82) is 0 Å². The lowest BCUT2D eigenvalue weighted by molar-refractivity contribution is 0.0992. The van der Waals surface area contributed by atoms with E-state index < -0.39 is 17.5 Å². The number of hydrogen-bond donors (Lipinski definition) is 1. The number of carbonyl (C=O) groups is 1. The summed E-state index contributed by atoms with van der Waals surface area (Å²) in [6.45, 7) is 0.225. The number of nitrogens with one attached hydrogen (secondary N) is 1. The normalized spacial score (nSPS) is 10.9. The maximum Gasteiger partial charge on any atom is 0.292 e. The zero-order valence-electron chi connectivity index (χ0n) is 16.6. The second-order valence-corrected chi connectivity index (χ2v) is 8.54. The number of amides is 1. The lowest BCUT2D eigenvalue weighted by Crippen LogP contribution is -2.12. The van der Waals surface area contributed by atoms with Crippen LogP contribution in [0.2, 0.25) is 10.0 Å². The molecule has 6 nitrogen and oxygen atoms in total. The van der Waals surface area contributed by atoms with Gasteiger partial charge in [-0.15, -0.1) is 0 Å². The summed E-state index contributed by atoms with van der Waals surface area (Å²) >= 11 is 15.5. The van der Waals surface area contributed by atoms with Crippen LogP contribution in [0.5, 0.6) is 5.75 Å². The first-order valence-electron chi connectivity index (χ1n) is 9.43. The first kappa shape index (κ1) is 23.3. The molecule has 1 N–H and O–H groups in total. The molecule has 0 aliphatic rings. The molecule has 4 rings (SSSR count). The van der Waals surface area contributed by atoms with Crippen molar-refractivity contribution in [3.8, 4) is 5.75 Å². The number of furan rings is 1. The molecule has 11 heteroatoms. The number of carbonyl (C=O) groups excluding carboxylic acids is 1. The Hall–Kier alpha value is -2.88. The van der Waals surface area contributed by atoms with Crippen LogP contribution in [-0.2, 0) is 13.2 Å². The minimum absolute atomic E-state index is 0.00961. The number of aromatic nitrogens is 2. The third kappa shape index (κ3) is 5.73. The van der Waals surface area contributed by atoms with Gasteiger partial charge in [0.25, 0.3) is 5.91 Å². The van der Waals surface area contributed by atoms with Gasteiger partial charge in [-0.05, 0) is 57.9 Å². The SMILES string of the molecule is O=C(Nc1nn(Cc2ccc(Cl)cc2Cl)cc1Br)c1ccc(COc2ccc(F)cc2F)o1. The molecule has 2 aromatic carbocycles. The Morgan fingerprint density at radius 2 is 1.97 bits per heavy atom. The zero-order valence-corrected chi connectivity index (χ0v) is 19.7. The molecule has 4 aromatic rings. The number of rotatable bonds is 7. The van der Waals surface area contributed by atoms with Crippen LogP contribution in [0.1, 0.15) is 21.9 Å². The summed E-state index contributed by atoms with van der Waals surface area (Å²) in [6, 6.07) is 11.1. The van der Waals surface area contributed by atoms with Gasteiger partial charge in [-0.25, -0.2) is 8.78 Å². The Morgan fingerprint density at radius 3 is 2.73 bits per heavy atom. The highest BCUT2D eigenvalue weighted by atomic mass is 79.9. The monoisotopic (exact) mass is 555 g/mol. The largest absolute Gasteiger partial charge is 0.483 e. The molecule has 0 radical (unpaired) electrons. The molecule has 2 aromatic heterocycles. The summed E-state index contributed by atoms with van der Waals surface area (Å²) in [5.41, 5.74) is 0.808. The molecule has 170 valence electrons. The fraction of sp³-hybridized carbons (Fsp3) is 0.0909. The molecule has 0 atom stereocenters. The topological polar surface area (TPSA) is 69.3 Å². The molecule has 0 saturated heterocycles. The molecule has 2 heterocycles. The van der Waals surface area contributed by atoms with Crippen molar-refractivity contribution in [2.24, 2.45) is 0 Å². The predicted octanol–water partition coefficient (Wildman–Crippen LogP) is 6.70. The second-order valence-electron chi connectivity index (χ2n) is 6.84. The van der Waals surface area contributed by atoms with Crippen LogP contribution < -0.4 is 10.1 Å². The van der Waals surface area contributed by atoms with Gasteiger partial charge in [0, 0.05) is 22.3 Å². The lowest BCUT2D eigenvalue weighted by Gasteiger charge is -2.05. The fourth-order valence-electron chi connectivity index (χ4n) is 2.88. The van der Waals surface area contributed by atoms with Gasteiger partial charge in [-0.3, -0.25) is 9.48 Å². The van der Waals surface area contributed by atoms with Crippen molar-refractivity contribution in [1.82, 2.24) is 9.78 Å². The molecular weight excluding hydrogens is 543 g/mol. The van der Waals surface area contributed by atoms with Gasteiger partial charge in [0.1, 0.15) is 18.2 Å². The Bertz CT molecular complexity index is 1330. The van der Waals surface area contributed by atoms with Crippen molar-refractivity contribution in [2.75, 3.05) is 5.32 Å².